The van der Waals surface area contributed by atoms with Crippen LogP contribution in [0, 0.1) is 11.8 Å². The molecule has 27 heavy (non-hydrogen) atoms. The van der Waals surface area contributed by atoms with Crippen molar-refractivity contribution in [1.29, 1.82) is 0 Å². The Balaban J connectivity index is 1.40. The molecule has 0 heterocycles. The van der Waals surface area contributed by atoms with Crippen molar-refractivity contribution < 1.29 is 0 Å². The van der Waals surface area contributed by atoms with E-state index in [1.165, 1.54) is 37.1 Å². The minimum Gasteiger partial charge on any atom is -0.359 e. The second-order valence-corrected chi connectivity index (χ2v) is 8.63. The van der Waals surface area contributed by atoms with Crippen LogP contribution in [0.2, 0.25) is 0 Å². The second-order valence-electron chi connectivity index (χ2n) is 8.23. The van der Waals surface area contributed by atoms with Crippen molar-refractivity contribution in [3.8, 4) is 0 Å². The molecule has 2 aliphatic rings. The molecule has 2 aliphatic carbocycles. The average Bonchev–Trinajstić information content (AvgIpc) is 3.27. The van der Waals surface area contributed by atoms with Crippen molar-refractivity contribution in [2.24, 2.45) is 11.8 Å². The second kappa shape index (κ2) is 7.89. The molecule has 2 fully saturated rings. The third-order valence-electron chi connectivity index (χ3n) is 6.01. The molecule has 2 saturated carbocycles. The number of hydrogen-bond donors (Lipinski definition) is 2. The summed E-state index contributed by atoms with van der Waals surface area (Å²) in [6.45, 7) is 4.43. The molecule has 0 saturated heterocycles. The van der Waals surface area contributed by atoms with Gasteiger partial charge in [0.05, 0.1) is 0 Å². The summed E-state index contributed by atoms with van der Waals surface area (Å²) in [6.07, 6.45) is 5.45. The van der Waals surface area contributed by atoms with Gasteiger partial charge in [-0.2, -0.15) is 0 Å². The average molecular weight is 380 g/mol. The molecule has 4 heteroatoms. The molecule has 2 aromatic carbocycles. The zero-order chi connectivity index (χ0) is 18.8. The SMILES string of the molecule is CC(C)N(c1ccccc1)c1ccc(NC(=S)N[C@H]2C[C@H]3CC[C@H]2C3)cc1. The van der Waals surface area contributed by atoms with E-state index in [0.717, 1.165) is 22.6 Å². The van der Waals surface area contributed by atoms with Crippen LogP contribution >= 0.6 is 12.2 Å². The number of nitrogens with zero attached hydrogens (tertiary/aromatic N) is 1. The Kier molecular flexibility index (Phi) is 5.35. The Labute approximate surface area is 168 Å². The summed E-state index contributed by atoms with van der Waals surface area (Å²) >= 11 is 5.56. The molecule has 2 bridgehead atoms. The molecule has 3 nitrogen and oxygen atoms in total. The molecular formula is C23H29N3S. The van der Waals surface area contributed by atoms with Crippen LogP contribution in [0.15, 0.2) is 54.6 Å². The van der Waals surface area contributed by atoms with Gasteiger partial charge in [-0.1, -0.05) is 24.6 Å². The van der Waals surface area contributed by atoms with Crippen molar-refractivity contribution in [2.75, 3.05) is 10.2 Å². The molecular weight excluding hydrogens is 350 g/mol. The van der Waals surface area contributed by atoms with Gasteiger partial charge in [-0.15, -0.1) is 0 Å². The first kappa shape index (κ1) is 18.3. The van der Waals surface area contributed by atoms with E-state index in [9.17, 15) is 0 Å². The van der Waals surface area contributed by atoms with E-state index >= 15 is 0 Å². The highest BCUT2D eigenvalue weighted by molar-refractivity contribution is 7.80. The fraction of sp³-hybridized carbons (Fsp3) is 0.435. The normalized spacial score (nSPS) is 23.4. The summed E-state index contributed by atoms with van der Waals surface area (Å²) in [5.41, 5.74) is 3.44. The van der Waals surface area contributed by atoms with Crippen molar-refractivity contribution in [3.63, 3.8) is 0 Å². The van der Waals surface area contributed by atoms with Crippen LogP contribution in [0.4, 0.5) is 17.1 Å². The Morgan fingerprint density at radius 3 is 2.26 bits per heavy atom. The van der Waals surface area contributed by atoms with E-state index in [1.807, 2.05) is 0 Å². The molecule has 142 valence electrons. The van der Waals surface area contributed by atoms with E-state index in [0.29, 0.717) is 12.1 Å². The lowest BCUT2D eigenvalue weighted by Crippen LogP contribution is -2.40. The first-order valence-corrected chi connectivity index (χ1v) is 10.5. The number of benzene rings is 2. The van der Waals surface area contributed by atoms with E-state index in [1.54, 1.807) is 0 Å². The predicted molar refractivity (Wildman–Crippen MR) is 119 cm³/mol. The predicted octanol–water partition coefficient (Wildman–Crippen LogP) is 5.71. The lowest BCUT2D eigenvalue weighted by atomic mass is 9.96. The molecule has 0 unspecified atom stereocenters. The minimum absolute atomic E-state index is 0.381. The van der Waals surface area contributed by atoms with Crippen molar-refractivity contribution >= 4 is 34.4 Å². The van der Waals surface area contributed by atoms with Gasteiger partial charge in [0.2, 0.25) is 0 Å². The number of hydrogen-bond acceptors (Lipinski definition) is 2. The fourth-order valence-electron chi connectivity index (χ4n) is 4.80. The van der Waals surface area contributed by atoms with Gasteiger partial charge >= 0.3 is 0 Å². The van der Waals surface area contributed by atoms with E-state index in [-0.39, 0.29) is 0 Å². The van der Waals surface area contributed by atoms with Crippen LogP contribution < -0.4 is 15.5 Å². The molecule has 0 radical (unpaired) electrons. The van der Waals surface area contributed by atoms with Gasteiger partial charge in [0, 0.05) is 29.1 Å². The largest absolute Gasteiger partial charge is 0.359 e. The maximum absolute atomic E-state index is 5.56. The monoisotopic (exact) mass is 379 g/mol. The zero-order valence-corrected chi connectivity index (χ0v) is 17.0. The van der Waals surface area contributed by atoms with Gasteiger partial charge in [0.15, 0.2) is 5.11 Å². The number of thiocarbonyl (C=S) groups is 1. The van der Waals surface area contributed by atoms with Crippen LogP contribution in [0.5, 0.6) is 0 Å². The summed E-state index contributed by atoms with van der Waals surface area (Å²) in [5.74, 6) is 1.75. The maximum atomic E-state index is 5.56. The lowest BCUT2D eigenvalue weighted by Gasteiger charge is -2.29. The molecule has 4 rings (SSSR count). The summed E-state index contributed by atoms with van der Waals surface area (Å²) in [4.78, 5) is 2.34. The van der Waals surface area contributed by atoms with E-state index < -0.39 is 0 Å². The Bertz CT molecular complexity index is 772. The molecule has 0 amide bonds. The quantitative estimate of drug-likeness (QED) is 0.651. The van der Waals surface area contributed by atoms with Crippen LogP contribution in [0.3, 0.4) is 0 Å². The molecule has 3 atom stereocenters. The number of fused-ring (bicyclic) bond motifs is 2. The fourth-order valence-corrected chi connectivity index (χ4v) is 5.07. The highest BCUT2D eigenvalue weighted by Gasteiger charge is 2.39. The third-order valence-corrected chi connectivity index (χ3v) is 6.23. The van der Waals surface area contributed by atoms with Crippen LogP contribution in [-0.4, -0.2) is 17.2 Å². The first-order chi connectivity index (χ1) is 13.1. The molecule has 2 N–H and O–H groups in total. The van der Waals surface area contributed by atoms with Gasteiger partial charge in [0.1, 0.15) is 0 Å². The zero-order valence-electron chi connectivity index (χ0n) is 16.2. The Morgan fingerprint density at radius 2 is 1.67 bits per heavy atom. The highest BCUT2D eigenvalue weighted by atomic mass is 32.1. The van der Waals surface area contributed by atoms with Gasteiger partial charge in [-0.05, 0) is 93.6 Å². The molecule has 2 aromatic rings. The van der Waals surface area contributed by atoms with E-state index in [2.05, 4.69) is 84.0 Å². The van der Waals surface area contributed by atoms with E-state index in [4.69, 9.17) is 12.2 Å². The maximum Gasteiger partial charge on any atom is 0.171 e. The summed E-state index contributed by atoms with van der Waals surface area (Å²) in [6, 6.07) is 20.0. The standard InChI is InChI=1S/C23H29N3S/c1-16(2)26(20-6-4-3-5-7-20)21-12-10-19(11-13-21)24-23(27)25-22-15-17-8-9-18(22)14-17/h3-7,10-13,16-18,22H,8-9,14-15H2,1-2H3,(H2,24,25,27)/t17-,18-,22-/m0/s1. The number of anilines is 3. The van der Waals surface area contributed by atoms with Gasteiger partial charge in [-0.25, -0.2) is 0 Å². The third kappa shape index (κ3) is 4.11. The number of nitrogens with one attached hydrogen (secondary N) is 2. The van der Waals surface area contributed by atoms with Crippen LogP contribution in [0.25, 0.3) is 0 Å². The van der Waals surface area contributed by atoms with Crippen molar-refractivity contribution in [3.05, 3.63) is 54.6 Å². The molecule has 0 spiro atoms. The Morgan fingerprint density at radius 1 is 0.963 bits per heavy atom. The summed E-state index contributed by atoms with van der Waals surface area (Å²) < 4.78 is 0. The Hall–Kier alpha value is -2.07. The minimum atomic E-state index is 0.381. The first-order valence-electron chi connectivity index (χ1n) is 10.1. The van der Waals surface area contributed by atoms with Gasteiger partial charge in [-0.3, -0.25) is 0 Å². The topological polar surface area (TPSA) is 27.3 Å². The van der Waals surface area contributed by atoms with Crippen LogP contribution in [0.1, 0.15) is 39.5 Å². The number of rotatable bonds is 5. The summed E-state index contributed by atoms with van der Waals surface area (Å²) in [7, 11) is 0. The smallest absolute Gasteiger partial charge is 0.171 e. The number of para-hydroxylation sites is 1. The molecule has 0 aromatic heterocycles. The molecule has 0 aliphatic heterocycles. The van der Waals surface area contributed by atoms with Crippen molar-refractivity contribution in [2.45, 2.75) is 51.6 Å². The lowest BCUT2D eigenvalue weighted by molar-refractivity contribution is 0.392. The van der Waals surface area contributed by atoms with Crippen LogP contribution in [-0.2, 0) is 0 Å². The van der Waals surface area contributed by atoms with Gasteiger partial charge in [0.25, 0.3) is 0 Å². The van der Waals surface area contributed by atoms with Crippen molar-refractivity contribution in [1.82, 2.24) is 5.32 Å². The highest BCUT2D eigenvalue weighted by Crippen LogP contribution is 2.44. The van der Waals surface area contributed by atoms with Gasteiger partial charge < -0.3 is 15.5 Å². The summed E-state index contributed by atoms with van der Waals surface area (Å²) in [5, 5.41) is 7.67.